The van der Waals surface area contributed by atoms with Crippen molar-refractivity contribution in [1.82, 2.24) is 14.9 Å². The predicted octanol–water partition coefficient (Wildman–Crippen LogP) is 4.01. The van der Waals surface area contributed by atoms with E-state index in [1.165, 1.54) is 0 Å². The average Bonchev–Trinajstić information content (AvgIpc) is 3.07. The molecule has 0 fully saturated rings. The first-order valence-electron chi connectivity index (χ1n) is 9.13. The zero-order valence-corrected chi connectivity index (χ0v) is 15.6. The van der Waals surface area contributed by atoms with Gasteiger partial charge < -0.3 is 19.6 Å². The van der Waals surface area contributed by atoms with Crippen molar-refractivity contribution < 1.29 is 4.74 Å². The van der Waals surface area contributed by atoms with Crippen LogP contribution in [0.5, 0.6) is 5.75 Å². The van der Waals surface area contributed by atoms with Gasteiger partial charge in [0.2, 0.25) is 0 Å². The van der Waals surface area contributed by atoms with E-state index in [1.807, 2.05) is 54.6 Å². The van der Waals surface area contributed by atoms with Gasteiger partial charge in [0.15, 0.2) is 0 Å². The number of nitrogens with zero attached hydrogens (tertiary/aromatic N) is 1. The number of para-hydroxylation sites is 1. The highest BCUT2D eigenvalue weighted by atomic mass is 16.5. The SMILES string of the molecule is CN(C)CCCOc1ccc2[nH]c(-c3cc4ccccc4[nH]c3=O)cc2c1. The van der Waals surface area contributed by atoms with Crippen LogP contribution in [0.4, 0.5) is 0 Å². The van der Waals surface area contributed by atoms with Crippen molar-refractivity contribution >= 4 is 21.8 Å². The molecule has 0 aliphatic rings. The Morgan fingerprint density at radius 2 is 1.74 bits per heavy atom. The van der Waals surface area contributed by atoms with Gasteiger partial charge in [0, 0.05) is 23.0 Å². The summed E-state index contributed by atoms with van der Waals surface area (Å²) in [4.78, 5) is 20.9. The minimum Gasteiger partial charge on any atom is -0.494 e. The molecule has 0 saturated carbocycles. The van der Waals surface area contributed by atoms with Gasteiger partial charge >= 0.3 is 0 Å². The molecular weight excluding hydrogens is 338 g/mol. The lowest BCUT2D eigenvalue weighted by Crippen LogP contribution is -2.15. The third kappa shape index (κ3) is 3.73. The van der Waals surface area contributed by atoms with Gasteiger partial charge in [-0.15, -0.1) is 0 Å². The molecule has 0 amide bonds. The number of ether oxygens (including phenoxy) is 1. The Morgan fingerprint density at radius 1 is 0.926 bits per heavy atom. The highest BCUT2D eigenvalue weighted by molar-refractivity contribution is 5.89. The van der Waals surface area contributed by atoms with Gasteiger partial charge in [-0.2, -0.15) is 0 Å². The quantitative estimate of drug-likeness (QED) is 0.510. The van der Waals surface area contributed by atoms with Gasteiger partial charge in [0.05, 0.1) is 17.9 Å². The van der Waals surface area contributed by atoms with Gasteiger partial charge in [0.1, 0.15) is 5.75 Å². The van der Waals surface area contributed by atoms with Crippen LogP contribution in [0, 0.1) is 0 Å². The summed E-state index contributed by atoms with van der Waals surface area (Å²) in [6, 6.07) is 17.7. The number of pyridine rings is 1. The number of benzene rings is 2. The van der Waals surface area contributed by atoms with E-state index < -0.39 is 0 Å². The Hall–Kier alpha value is -3.05. The zero-order chi connectivity index (χ0) is 18.8. The lowest BCUT2D eigenvalue weighted by atomic mass is 10.1. The normalized spacial score (nSPS) is 11.5. The van der Waals surface area contributed by atoms with Gasteiger partial charge in [-0.05, 0) is 62.3 Å². The van der Waals surface area contributed by atoms with Crippen LogP contribution in [-0.2, 0) is 0 Å². The number of rotatable bonds is 6. The summed E-state index contributed by atoms with van der Waals surface area (Å²) >= 11 is 0. The van der Waals surface area contributed by atoms with Crippen LogP contribution in [0.15, 0.2) is 59.4 Å². The number of H-pyrrole nitrogens is 2. The number of hydrogen-bond donors (Lipinski definition) is 2. The predicted molar refractivity (Wildman–Crippen MR) is 111 cm³/mol. The van der Waals surface area contributed by atoms with Crippen molar-refractivity contribution in [2.45, 2.75) is 6.42 Å². The van der Waals surface area contributed by atoms with Crippen LogP contribution < -0.4 is 10.3 Å². The van der Waals surface area contributed by atoms with E-state index in [1.54, 1.807) is 0 Å². The Bertz CT molecular complexity index is 1140. The Labute approximate surface area is 157 Å². The van der Waals surface area contributed by atoms with Crippen LogP contribution in [0.3, 0.4) is 0 Å². The standard InChI is InChI=1S/C22H23N3O2/c1-25(2)10-5-11-27-17-8-9-20-16(12-17)14-21(23-20)18-13-15-6-3-4-7-19(15)24-22(18)26/h3-4,6-9,12-14,23H,5,10-11H2,1-2H3,(H,24,26). The molecule has 0 spiro atoms. The Morgan fingerprint density at radius 3 is 2.59 bits per heavy atom. The maximum atomic E-state index is 12.5. The summed E-state index contributed by atoms with van der Waals surface area (Å²) in [5, 5.41) is 2.04. The van der Waals surface area contributed by atoms with Gasteiger partial charge in [-0.3, -0.25) is 4.79 Å². The molecule has 4 aromatic rings. The van der Waals surface area contributed by atoms with Crippen molar-refractivity contribution in [3.63, 3.8) is 0 Å². The van der Waals surface area contributed by atoms with Crippen molar-refractivity contribution in [1.29, 1.82) is 0 Å². The Kier molecular flexibility index (Phi) is 4.69. The maximum absolute atomic E-state index is 12.5. The molecule has 2 aromatic carbocycles. The topological polar surface area (TPSA) is 61.1 Å². The van der Waals surface area contributed by atoms with E-state index in [-0.39, 0.29) is 5.56 Å². The van der Waals surface area contributed by atoms with E-state index in [9.17, 15) is 4.79 Å². The number of aromatic nitrogens is 2. The van der Waals surface area contributed by atoms with E-state index in [2.05, 4.69) is 29.0 Å². The number of aromatic amines is 2. The zero-order valence-electron chi connectivity index (χ0n) is 15.6. The minimum atomic E-state index is -0.0968. The van der Waals surface area contributed by atoms with E-state index in [0.29, 0.717) is 12.2 Å². The van der Waals surface area contributed by atoms with Crippen molar-refractivity contribution in [3.8, 4) is 17.0 Å². The molecular formula is C22H23N3O2. The van der Waals surface area contributed by atoms with Crippen LogP contribution in [-0.4, -0.2) is 42.1 Å². The summed E-state index contributed by atoms with van der Waals surface area (Å²) in [6.45, 7) is 1.69. The first-order chi connectivity index (χ1) is 13.1. The van der Waals surface area contributed by atoms with E-state index >= 15 is 0 Å². The molecule has 0 aliphatic carbocycles. The summed E-state index contributed by atoms with van der Waals surface area (Å²) in [6.07, 6.45) is 0.982. The molecule has 0 bridgehead atoms. The maximum Gasteiger partial charge on any atom is 0.257 e. The fourth-order valence-electron chi connectivity index (χ4n) is 3.26. The molecule has 5 heteroatoms. The van der Waals surface area contributed by atoms with Crippen molar-refractivity contribution in [2.24, 2.45) is 0 Å². The minimum absolute atomic E-state index is 0.0968. The number of fused-ring (bicyclic) bond motifs is 2. The van der Waals surface area contributed by atoms with E-state index in [4.69, 9.17) is 4.74 Å². The molecule has 4 rings (SSSR count). The molecule has 0 unspecified atom stereocenters. The molecule has 2 aromatic heterocycles. The summed E-state index contributed by atoms with van der Waals surface area (Å²) in [5.41, 5.74) is 3.18. The molecule has 0 saturated heterocycles. The largest absolute Gasteiger partial charge is 0.494 e. The van der Waals surface area contributed by atoms with Gasteiger partial charge in [-0.25, -0.2) is 0 Å². The third-order valence-corrected chi connectivity index (χ3v) is 4.65. The molecule has 2 N–H and O–H groups in total. The van der Waals surface area contributed by atoms with Crippen LogP contribution >= 0.6 is 0 Å². The molecule has 0 radical (unpaired) electrons. The molecule has 27 heavy (non-hydrogen) atoms. The van der Waals surface area contributed by atoms with Crippen LogP contribution in [0.2, 0.25) is 0 Å². The smallest absolute Gasteiger partial charge is 0.257 e. The first kappa shape index (κ1) is 17.4. The molecule has 2 heterocycles. The second-order valence-electron chi connectivity index (χ2n) is 7.04. The second kappa shape index (κ2) is 7.29. The molecule has 138 valence electrons. The fraction of sp³-hybridized carbons (Fsp3) is 0.227. The number of hydrogen-bond acceptors (Lipinski definition) is 3. The highest BCUT2D eigenvalue weighted by Crippen LogP contribution is 2.26. The van der Waals surface area contributed by atoms with E-state index in [0.717, 1.165) is 46.2 Å². The van der Waals surface area contributed by atoms with Crippen LogP contribution in [0.1, 0.15) is 6.42 Å². The van der Waals surface area contributed by atoms with Crippen molar-refractivity contribution in [2.75, 3.05) is 27.2 Å². The third-order valence-electron chi connectivity index (χ3n) is 4.65. The lowest BCUT2D eigenvalue weighted by molar-refractivity contribution is 0.282. The van der Waals surface area contributed by atoms with Gasteiger partial charge in [0.25, 0.3) is 5.56 Å². The first-order valence-corrected chi connectivity index (χ1v) is 9.13. The van der Waals surface area contributed by atoms with Gasteiger partial charge in [-0.1, -0.05) is 18.2 Å². The Balaban J connectivity index is 1.62. The fourth-order valence-corrected chi connectivity index (χ4v) is 3.26. The summed E-state index contributed by atoms with van der Waals surface area (Å²) < 4.78 is 5.85. The van der Waals surface area contributed by atoms with Crippen molar-refractivity contribution in [3.05, 3.63) is 65.0 Å². The molecule has 0 aliphatic heterocycles. The molecule has 0 atom stereocenters. The molecule has 5 nitrogen and oxygen atoms in total. The summed E-state index contributed by atoms with van der Waals surface area (Å²) in [7, 11) is 4.11. The monoisotopic (exact) mass is 361 g/mol. The average molecular weight is 361 g/mol. The lowest BCUT2D eigenvalue weighted by Gasteiger charge is -2.10. The summed E-state index contributed by atoms with van der Waals surface area (Å²) in [5.74, 6) is 0.847. The van der Waals surface area contributed by atoms with Crippen LogP contribution in [0.25, 0.3) is 33.1 Å². The number of nitrogens with one attached hydrogen (secondary N) is 2. The highest BCUT2D eigenvalue weighted by Gasteiger charge is 2.09. The second-order valence-corrected chi connectivity index (χ2v) is 7.04.